The molecule has 3 aliphatic rings. The maximum Gasteiger partial charge on any atom is 0.0910 e. The fourth-order valence-corrected chi connectivity index (χ4v) is 4.38. The number of hydrogen-bond acceptors (Lipinski definition) is 2. The molecule has 13 heavy (non-hydrogen) atoms. The van der Waals surface area contributed by atoms with Crippen molar-refractivity contribution in [3.63, 3.8) is 0 Å². The van der Waals surface area contributed by atoms with Gasteiger partial charge in [0.2, 0.25) is 0 Å². The lowest BCUT2D eigenvalue weighted by atomic mass is 9.76. The van der Waals surface area contributed by atoms with Crippen molar-refractivity contribution in [2.24, 2.45) is 23.7 Å². The lowest BCUT2D eigenvalue weighted by molar-refractivity contribution is -0.0802. The molecule has 0 amide bonds. The van der Waals surface area contributed by atoms with Crippen LogP contribution in [0.25, 0.3) is 0 Å². The second kappa shape index (κ2) is 2.29. The van der Waals surface area contributed by atoms with E-state index in [1.165, 1.54) is 19.3 Å². The third-order valence-corrected chi connectivity index (χ3v) is 4.93. The van der Waals surface area contributed by atoms with Gasteiger partial charge in [0.25, 0.3) is 0 Å². The molecule has 2 N–H and O–H groups in total. The highest BCUT2D eigenvalue weighted by Gasteiger charge is 2.61. The molecule has 2 bridgehead atoms. The predicted octanol–water partition coefficient (Wildman–Crippen LogP) is 1.16. The van der Waals surface area contributed by atoms with Gasteiger partial charge in [-0.05, 0) is 56.3 Å². The molecule has 3 saturated carbocycles. The van der Waals surface area contributed by atoms with Crippen molar-refractivity contribution in [2.45, 2.75) is 44.3 Å². The van der Waals surface area contributed by atoms with Gasteiger partial charge in [-0.15, -0.1) is 0 Å². The van der Waals surface area contributed by atoms with Gasteiger partial charge in [-0.2, -0.15) is 0 Å². The summed E-state index contributed by atoms with van der Waals surface area (Å²) in [7, 11) is 0. The first-order valence-corrected chi connectivity index (χ1v) is 5.51. The van der Waals surface area contributed by atoms with E-state index in [-0.39, 0.29) is 0 Å². The van der Waals surface area contributed by atoms with Gasteiger partial charge in [0.05, 0.1) is 11.7 Å². The lowest BCUT2D eigenvalue weighted by Gasteiger charge is -2.33. The third kappa shape index (κ3) is 0.861. The normalized spacial score (nSPS) is 64.4. The summed E-state index contributed by atoms with van der Waals surface area (Å²) in [5, 5.41) is 20.0. The molecule has 74 valence electrons. The molecule has 0 spiro atoms. The van der Waals surface area contributed by atoms with Crippen LogP contribution in [0.5, 0.6) is 0 Å². The maximum absolute atomic E-state index is 10.2. The van der Waals surface area contributed by atoms with Gasteiger partial charge in [0, 0.05) is 0 Å². The molecule has 0 aromatic carbocycles. The predicted molar refractivity (Wildman–Crippen MR) is 49.1 cm³/mol. The summed E-state index contributed by atoms with van der Waals surface area (Å²) in [6.07, 6.45) is 4.33. The Morgan fingerprint density at radius 3 is 2.54 bits per heavy atom. The van der Waals surface area contributed by atoms with Crippen molar-refractivity contribution >= 4 is 0 Å². The molecule has 0 aromatic rings. The van der Waals surface area contributed by atoms with E-state index in [0.29, 0.717) is 17.8 Å². The molecule has 0 aromatic heterocycles. The van der Waals surface area contributed by atoms with E-state index >= 15 is 0 Å². The highest BCUT2D eigenvalue weighted by Crippen LogP contribution is 2.61. The summed E-state index contributed by atoms with van der Waals surface area (Å²) in [4.78, 5) is 0. The van der Waals surface area contributed by atoms with Gasteiger partial charge in [-0.25, -0.2) is 0 Å². The van der Waals surface area contributed by atoms with Crippen molar-refractivity contribution in [3.05, 3.63) is 0 Å². The van der Waals surface area contributed by atoms with E-state index in [9.17, 15) is 10.2 Å². The average Bonchev–Trinajstić information content (AvgIpc) is 2.66. The fourth-order valence-electron chi connectivity index (χ4n) is 4.38. The minimum Gasteiger partial charge on any atom is -0.390 e. The van der Waals surface area contributed by atoms with Crippen molar-refractivity contribution in [3.8, 4) is 0 Å². The van der Waals surface area contributed by atoms with Crippen molar-refractivity contribution in [2.75, 3.05) is 0 Å². The first kappa shape index (κ1) is 8.25. The Bertz CT molecular complexity index is 236. The SMILES string of the molecule is CC1(O)C(O)CC2C3CCC(C3)C21. The Labute approximate surface area is 79.0 Å². The second-order valence-corrected chi connectivity index (χ2v) is 5.50. The maximum atomic E-state index is 10.2. The molecule has 2 nitrogen and oxygen atoms in total. The van der Waals surface area contributed by atoms with Gasteiger partial charge in [0.15, 0.2) is 0 Å². The van der Waals surface area contributed by atoms with E-state index in [1.807, 2.05) is 6.92 Å². The molecule has 3 rings (SSSR count). The van der Waals surface area contributed by atoms with Gasteiger partial charge >= 0.3 is 0 Å². The number of rotatable bonds is 0. The molecule has 3 fully saturated rings. The monoisotopic (exact) mass is 182 g/mol. The highest BCUT2D eigenvalue weighted by molar-refractivity contribution is 5.11. The quantitative estimate of drug-likeness (QED) is 0.590. The number of aliphatic hydroxyl groups is 2. The van der Waals surface area contributed by atoms with Crippen LogP contribution in [-0.4, -0.2) is 21.9 Å². The van der Waals surface area contributed by atoms with Crippen LogP contribution < -0.4 is 0 Å². The molecule has 6 atom stereocenters. The van der Waals surface area contributed by atoms with E-state index in [2.05, 4.69) is 0 Å². The summed E-state index contributed by atoms with van der Waals surface area (Å²) in [6.45, 7) is 1.84. The average molecular weight is 182 g/mol. The Morgan fingerprint density at radius 2 is 1.85 bits per heavy atom. The van der Waals surface area contributed by atoms with E-state index in [1.54, 1.807) is 0 Å². The molecule has 0 saturated heterocycles. The molecule has 0 heterocycles. The summed E-state index contributed by atoms with van der Waals surface area (Å²) >= 11 is 0. The van der Waals surface area contributed by atoms with Crippen LogP contribution >= 0.6 is 0 Å². The summed E-state index contributed by atoms with van der Waals surface area (Å²) < 4.78 is 0. The van der Waals surface area contributed by atoms with Crippen LogP contribution in [0.2, 0.25) is 0 Å². The van der Waals surface area contributed by atoms with Gasteiger partial charge in [0.1, 0.15) is 0 Å². The first-order chi connectivity index (χ1) is 6.10. The Kier molecular flexibility index (Phi) is 1.45. The zero-order valence-electron chi connectivity index (χ0n) is 8.11. The molecule has 0 radical (unpaired) electrons. The zero-order valence-corrected chi connectivity index (χ0v) is 8.11. The van der Waals surface area contributed by atoms with Gasteiger partial charge in [-0.1, -0.05) is 0 Å². The topological polar surface area (TPSA) is 40.5 Å². The minimum atomic E-state index is -0.787. The summed E-state index contributed by atoms with van der Waals surface area (Å²) in [5.41, 5.74) is -0.787. The molecular formula is C11H18O2. The Balaban J connectivity index is 1.96. The summed E-state index contributed by atoms with van der Waals surface area (Å²) in [6, 6.07) is 0. The van der Waals surface area contributed by atoms with Crippen molar-refractivity contribution in [1.82, 2.24) is 0 Å². The minimum absolute atomic E-state index is 0.404. The summed E-state index contributed by atoms with van der Waals surface area (Å²) in [5.74, 6) is 2.56. The molecule has 6 unspecified atom stereocenters. The Morgan fingerprint density at radius 1 is 1.15 bits per heavy atom. The fraction of sp³-hybridized carbons (Fsp3) is 1.00. The standard InChI is InChI=1S/C11H18O2/c1-11(13)9(12)5-8-6-2-3-7(4-6)10(8)11/h6-10,12-13H,2-5H2,1H3. The second-order valence-electron chi connectivity index (χ2n) is 5.50. The van der Waals surface area contributed by atoms with Crippen molar-refractivity contribution in [1.29, 1.82) is 0 Å². The molecule has 3 aliphatic carbocycles. The number of fused-ring (bicyclic) bond motifs is 5. The number of hydrogen-bond donors (Lipinski definition) is 2. The van der Waals surface area contributed by atoms with Crippen LogP contribution in [-0.2, 0) is 0 Å². The van der Waals surface area contributed by atoms with Crippen molar-refractivity contribution < 1.29 is 10.2 Å². The molecule has 2 heteroatoms. The Hall–Kier alpha value is -0.0800. The first-order valence-electron chi connectivity index (χ1n) is 5.51. The molecular weight excluding hydrogens is 164 g/mol. The van der Waals surface area contributed by atoms with Crippen LogP contribution in [0, 0.1) is 23.7 Å². The highest BCUT2D eigenvalue weighted by atomic mass is 16.3. The van der Waals surface area contributed by atoms with Crippen LogP contribution in [0.4, 0.5) is 0 Å². The smallest absolute Gasteiger partial charge is 0.0910 e. The number of aliphatic hydroxyl groups excluding tert-OH is 1. The largest absolute Gasteiger partial charge is 0.390 e. The van der Waals surface area contributed by atoms with Crippen LogP contribution in [0.3, 0.4) is 0 Å². The lowest BCUT2D eigenvalue weighted by Crippen LogP contribution is -2.42. The van der Waals surface area contributed by atoms with E-state index in [4.69, 9.17) is 0 Å². The zero-order chi connectivity index (χ0) is 9.22. The van der Waals surface area contributed by atoms with Gasteiger partial charge < -0.3 is 10.2 Å². The van der Waals surface area contributed by atoms with Crippen LogP contribution in [0.1, 0.15) is 32.6 Å². The van der Waals surface area contributed by atoms with E-state index in [0.717, 1.165) is 12.3 Å². The van der Waals surface area contributed by atoms with Gasteiger partial charge in [-0.3, -0.25) is 0 Å². The van der Waals surface area contributed by atoms with Crippen LogP contribution in [0.15, 0.2) is 0 Å². The third-order valence-electron chi connectivity index (χ3n) is 4.93. The molecule has 0 aliphatic heterocycles. The van der Waals surface area contributed by atoms with E-state index < -0.39 is 11.7 Å².